The lowest BCUT2D eigenvalue weighted by molar-refractivity contribution is -0.305. The third-order valence-corrected chi connectivity index (χ3v) is 4.78. The molecule has 1 heterocycles. The lowest BCUT2D eigenvalue weighted by atomic mass is 9.95. The number of benzene rings is 2. The van der Waals surface area contributed by atoms with Gasteiger partial charge in [-0.3, -0.25) is 9.59 Å². The molecule has 2 aromatic rings. The summed E-state index contributed by atoms with van der Waals surface area (Å²) < 4.78 is 14.5. The summed E-state index contributed by atoms with van der Waals surface area (Å²) in [5.74, 6) is -4.19. The third kappa shape index (κ3) is 4.46. The number of carboxylic acid groups (broad SMARTS) is 1. The molecule has 0 fully saturated rings. The van der Waals surface area contributed by atoms with Gasteiger partial charge in [-0.25, -0.2) is 4.39 Å². The average Bonchev–Trinajstić information content (AvgIpc) is 2.98. The number of nitrogens with zero attached hydrogens (tertiary/aromatic N) is 1. The molecule has 1 amide bonds. The zero-order valence-corrected chi connectivity index (χ0v) is 16.0. The number of aliphatic hydroxyl groups is 1. The van der Waals surface area contributed by atoms with E-state index >= 15 is 0 Å². The van der Waals surface area contributed by atoms with Crippen LogP contribution in [-0.2, 0) is 14.4 Å². The van der Waals surface area contributed by atoms with Gasteiger partial charge >= 0.3 is 0 Å². The molecule has 0 bridgehead atoms. The van der Waals surface area contributed by atoms with E-state index in [2.05, 4.69) is 0 Å². The van der Waals surface area contributed by atoms with Gasteiger partial charge in [0.15, 0.2) is 11.5 Å². The fraction of sp³-hybridized carbons (Fsp3) is 0.174. The van der Waals surface area contributed by atoms with E-state index in [0.717, 1.165) is 10.5 Å². The number of hydrogen-bond donors (Lipinski definition) is 1. The first-order valence-electron chi connectivity index (χ1n) is 9.36. The van der Waals surface area contributed by atoms with Crippen molar-refractivity contribution in [3.8, 4) is 0 Å². The van der Waals surface area contributed by atoms with Gasteiger partial charge in [0.25, 0.3) is 5.91 Å². The van der Waals surface area contributed by atoms with Crippen LogP contribution in [0.25, 0.3) is 6.08 Å². The number of rotatable bonds is 8. The van der Waals surface area contributed by atoms with Gasteiger partial charge in [0.05, 0.1) is 11.6 Å². The highest BCUT2D eigenvalue weighted by atomic mass is 19.1. The molecule has 0 saturated carbocycles. The number of aliphatic carboxylic acids is 1. The second-order valence-corrected chi connectivity index (χ2v) is 6.77. The van der Waals surface area contributed by atoms with Crippen molar-refractivity contribution in [2.45, 2.75) is 18.9 Å². The van der Waals surface area contributed by atoms with Crippen LogP contribution in [0.1, 0.15) is 30.0 Å². The summed E-state index contributed by atoms with van der Waals surface area (Å²) in [6, 6.07) is 13.4. The van der Waals surface area contributed by atoms with Gasteiger partial charge in [0, 0.05) is 18.1 Å². The number of allylic oxidation sites excluding steroid dienone is 1. The van der Waals surface area contributed by atoms with E-state index in [-0.39, 0.29) is 30.5 Å². The summed E-state index contributed by atoms with van der Waals surface area (Å²) in [7, 11) is 0. The van der Waals surface area contributed by atoms with Crippen LogP contribution in [0.4, 0.5) is 4.39 Å². The molecule has 154 valence electrons. The van der Waals surface area contributed by atoms with Gasteiger partial charge in [-0.15, -0.1) is 0 Å². The summed E-state index contributed by atoms with van der Waals surface area (Å²) in [6.45, 7) is -0.0882. The Labute approximate surface area is 172 Å². The van der Waals surface area contributed by atoms with Crippen molar-refractivity contribution < 1.29 is 29.0 Å². The van der Waals surface area contributed by atoms with Gasteiger partial charge < -0.3 is 19.9 Å². The minimum Gasteiger partial charge on any atom is -0.550 e. The van der Waals surface area contributed by atoms with E-state index < -0.39 is 35.3 Å². The first kappa shape index (κ1) is 21.0. The fourth-order valence-electron chi connectivity index (χ4n) is 3.38. The van der Waals surface area contributed by atoms with Crippen molar-refractivity contribution in [3.05, 3.63) is 88.9 Å². The van der Waals surface area contributed by atoms with Crippen LogP contribution in [0.5, 0.6) is 0 Å². The summed E-state index contributed by atoms with van der Waals surface area (Å²) in [5.41, 5.74) is 0.536. The molecular weight excluding hydrogens is 389 g/mol. The van der Waals surface area contributed by atoms with E-state index in [1.807, 2.05) is 6.07 Å². The smallest absolute Gasteiger partial charge is 0.290 e. The van der Waals surface area contributed by atoms with Gasteiger partial charge in [-0.05, 0) is 30.5 Å². The first-order valence-corrected chi connectivity index (χ1v) is 9.36. The van der Waals surface area contributed by atoms with Crippen LogP contribution in [-0.4, -0.2) is 34.2 Å². The van der Waals surface area contributed by atoms with Crippen molar-refractivity contribution in [1.29, 1.82) is 0 Å². The van der Waals surface area contributed by atoms with Gasteiger partial charge in [-0.2, -0.15) is 0 Å². The number of hydrogen-bond acceptors (Lipinski definition) is 5. The molecule has 0 aromatic heterocycles. The third-order valence-electron chi connectivity index (χ3n) is 4.78. The highest BCUT2D eigenvalue weighted by molar-refractivity contribution is 6.14. The molecule has 30 heavy (non-hydrogen) atoms. The number of ketones is 1. The zero-order chi connectivity index (χ0) is 21.7. The number of amides is 1. The molecule has 0 unspecified atom stereocenters. The Morgan fingerprint density at radius 3 is 2.43 bits per heavy atom. The van der Waals surface area contributed by atoms with Crippen LogP contribution in [0.3, 0.4) is 0 Å². The summed E-state index contributed by atoms with van der Waals surface area (Å²) >= 11 is 0. The van der Waals surface area contributed by atoms with E-state index in [1.54, 1.807) is 30.3 Å². The van der Waals surface area contributed by atoms with Crippen molar-refractivity contribution in [2.24, 2.45) is 0 Å². The Morgan fingerprint density at radius 1 is 1.10 bits per heavy atom. The van der Waals surface area contributed by atoms with Crippen molar-refractivity contribution in [3.63, 3.8) is 0 Å². The summed E-state index contributed by atoms with van der Waals surface area (Å²) in [4.78, 5) is 37.3. The normalized spacial score (nSPS) is 16.5. The molecule has 2 aromatic carbocycles. The van der Waals surface area contributed by atoms with Gasteiger partial charge in [0.2, 0.25) is 0 Å². The van der Waals surface area contributed by atoms with Crippen LogP contribution in [0, 0.1) is 5.82 Å². The molecule has 7 heteroatoms. The maximum absolute atomic E-state index is 14.5. The Hall–Kier alpha value is -3.74. The van der Waals surface area contributed by atoms with E-state index in [9.17, 15) is 29.0 Å². The van der Waals surface area contributed by atoms with Crippen LogP contribution < -0.4 is 5.11 Å². The summed E-state index contributed by atoms with van der Waals surface area (Å²) in [5, 5.41) is 21.1. The summed E-state index contributed by atoms with van der Waals surface area (Å²) in [6.07, 6.45) is 2.47. The van der Waals surface area contributed by atoms with Crippen molar-refractivity contribution in [2.75, 3.05) is 6.54 Å². The molecule has 0 saturated heterocycles. The Kier molecular flexibility index (Phi) is 6.41. The van der Waals surface area contributed by atoms with Crippen molar-refractivity contribution >= 4 is 23.7 Å². The molecule has 1 aliphatic heterocycles. The minimum absolute atomic E-state index is 0.0353. The molecule has 1 N–H and O–H groups in total. The number of carbonyl (C=O) groups is 3. The predicted octanol–water partition coefficient (Wildman–Crippen LogP) is 2.33. The maximum Gasteiger partial charge on any atom is 0.290 e. The fourth-order valence-corrected chi connectivity index (χ4v) is 3.38. The second-order valence-electron chi connectivity index (χ2n) is 6.77. The number of halogens is 1. The van der Waals surface area contributed by atoms with E-state index in [0.29, 0.717) is 0 Å². The van der Waals surface area contributed by atoms with E-state index in [4.69, 9.17) is 0 Å². The molecule has 1 aliphatic rings. The maximum atomic E-state index is 14.5. The lowest BCUT2D eigenvalue weighted by Crippen LogP contribution is -2.33. The van der Waals surface area contributed by atoms with E-state index in [1.165, 1.54) is 30.4 Å². The van der Waals surface area contributed by atoms with Crippen LogP contribution >= 0.6 is 0 Å². The molecule has 0 aliphatic carbocycles. The quantitative estimate of drug-likeness (QED) is 0.676. The molecule has 0 spiro atoms. The number of carboxylic acids is 1. The predicted molar refractivity (Wildman–Crippen MR) is 105 cm³/mol. The topological polar surface area (TPSA) is 97.7 Å². The Balaban J connectivity index is 1.96. The molecule has 6 nitrogen and oxygen atoms in total. The Bertz CT molecular complexity index is 1030. The largest absolute Gasteiger partial charge is 0.550 e. The number of carbonyl (C=O) groups excluding carboxylic acids is 3. The highest BCUT2D eigenvalue weighted by Gasteiger charge is 2.43. The van der Waals surface area contributed by atoms with Crippen LogP contribution in [0.15, 0.2) is 72.0 Å². The highest BCUT2D eigenvalue weighted by Crippen LogP contribution is 2.39. The standard InChI is InChI=1S/C23H20FNO5/c24-17-10-5-4-9-16(17)21-20(18(26)13-12-15-7-2-1-3-8-15)22(29)23(30)25(21)14-6-11-19(27)28/h1-5,7-10,12-13,21,29H,6,11,14H2,(H,27,28)/p-1/b13-12+/t21-/m0/s1. The molecule has 0 radical (unpaired) electrons. The first-order chi connectivity index (χ1) is 14.4. The van der Waals surface area contributed by atoms with Crippen molar-refractivity contribution in [1.82, 2.24) is 4.90 Å². The minimum atomic E-state index is -1.29. The zero-order valence-electron chi connectivity index (χ0n) is 16.0. The monoisotopic (exact) mass is 408 g/mol. The SMILES string of the molecule is O=C([O-])CCCN1C(=O)C(O)=C(C(=O)/C=C/c2ccccc2)[C@@H]1c1ccccc1F. The second kappa shape index (κ2) is 9.17. The lowest BCUT2D eigenvalue weighted by Gasteiger charge is -2.27. The Morgan fingerprint density at radius 2 is 1.77 bits per heavy atom. The molecule has 3 rings (SSSR count). The average molecular weight is 408 g/mol. The molecular formula is C23H19FNO5-. The molecule has 1 atom stereocenters. The van der Waals surface area contributed by atoms with Gasteiger partial charge in [-0.1, -0.05) is 54.6 Å². The van der Waals surface area contributed by atoms with Crippen LogP contribution in [0.2, 0.25) is 0 Å². The number of aliphatic hydroxyl groups excluding tert-OH is 1. The van der Waals surface area contributed by atoms with Gasteiger partial charge in [0.1, 0.15) is 5.82 Å².